The number of benzene rings is 2. The Hall–Kier alpha value is -3.40. The van der Waals surface area contributed by atoms with Crippen LogP contribution in [0.25, 0.3) is 5.69 Å². The number of rotatable bonds is 7. The summed E-state index contributed by atoms with van der Waals surface area (Å²) in [7, 11) is 0. The topological polar surface area (TPSA) is 106 Å². The number of hydrogen-bond acceptors (Lipinski definition) is 7. The van der Waals surface area contributed by atoms with Gasteiger partial charge >= 0.3 is 0 Å². The average Bonchev–Trinajstić information content (AvgIpc) is 3.25. The average molecular weight is 481 g/mol. The molecule has 1 saturated heterocycles. The van der Waals surface area contributed by atoms with Crippen molar-refractivity contribution in [3.05, 3.63) is 63.2 Å². The molecule has 1 aliphatic rings. The van der Waals surface area contributed by atoms with Crippen LogP contribution in [-0.2, 0) is 4.79 Å². The van der Waals surface area contributed by atoms with Crippen LogP contribution in [-0.4, -0.2) is 44.4 Å². The zero-order chi connectivity index (χ0) is 24.2. The second-order valence-corrected chi connectivity index (χ2v) is 9.44. The summed E-state index contributed by atoms with van der Waals surface area (Å²) in [4.78, 5) is 26.0. The summed E-state index contributed by atoms with van der Waals surface area (Å²) in [5.74, 6) is 0.491. The van der Waals surface area contributed by atoms with Crippen molar-refractivity contribution in [3.8, 4) is 5.69 Å². The van der Waals surface area contributed by atoms with E-state index in [0.29, 0.717) is 10.7 Å². The highest BCUT2D eigenvalue weighted by atomic mass is 32.2. The number of aryl methyl sites for hydroxylation is 2. The Morgan fingerprint density at radius 1 is 1.06 bits per heavy atom. The summed E-state index contributed by atoms with van der Waals surface area (Å²) in [6.07, 6.45) is 3.43. The molecule has 3 aromatic rings. The highest BCUT2D eigenvalue weighted by molar-refractivity contribution is 7.99. The Balaban J connectivity index is 1.57. The van der Waals surface area contributed by atoms with Crippen LogP contribution < -0.4 is 10.2 Å². The number of nitro groups is 1. The maximum Gasteiger partial charge on any atom is 0.293 e. The van der Waals surface area contributed by atoms with Gasteiger partial charge in [-0.2, -0.15) is 0 Å². The van der Waals surface area contributed by atoms with E-state index in [9.17, 15) is 14.9 Å². The van der Waals surface area contributed by atoms with Crippen LogP contribution >= 0.6 is 11.8 Å². The van der Waals surface area contributed by atoms with Gasteiger partial charge in [-0.1, -0.05) is 35.5 Å². The minimum Gasteiger partial charge on any atom is -0.341 e. The van der Waals surface area contributed by atoms with Gasteiger partial charge in [-0.15, -0.1) is 10.2 Å². The fourth-order valence-electron chi connectivity index (χ4n) is 3.99. The standard InChI is InChI=1S/C24H28N6O3S/c1-16-7-10-19(11-8-16)29-23(28-13-5-4-6-14-28)26-27-24(29)34-15-21(31)25-22-18(3)17(2)9-12-20(22)30(32)33/h7-12H,4-6,13-15H2,1-3H3,(H,25,31). The molecule has 1 fully saturated rings. The first-order chi connectivity index (χ1) is 16.3. The van der Waals surface area contributed by atoms with E-state index in [4.69, 9.17) is 0 Å². The van der Waals surface area contributed by atoms with E-state index in [1.54, 1.807) is 13.0 Å². The predicted octanol–water partition coefficient (Wildman–Crippen LogP) is 4.82. The quantitative estimate of drug-likeness (QED) is 0.293. The van der Waals surface area contributed by atoms with Crippen LogP contribution in [0.2, 0.25) is 0 Å². The molecule has 10 heteroatoms. The molecule has 1 aliphatic heterocycles. The van der Waals surface area contributed by atoms with E-state index >= 15 is 0 Å². The van der Waals surface area contributed by atoms with Crippen LogP contribution in [0.5, 0.6) is 0 Å². The van der Waals surface area contributed by atoms with E-state index in [2.05, 4.69) is 20.4 Å². The summed E-state index contributed by atoms with van der Waals surface area (Å²) in [5, 5.41) is 23.6. The van der Waals surface area contributed by atoms with Gasteiger partial charge < -0.3 is 10.2 Å². The zero-order valence-electron chi connectivity index (χ0n) is 19.6. The molecule has 0 saturated carbocycles. The maximum atomic E-state index is 12.8. The van der Waals surface area contributed by atoms with Gasteiger partial charge in [0.1, 0.15) is 5.69 Å². The van der Waals surface area contributed by atoms with Gasteiger partial charge in [-0.05, 0) is 63.3 Å². The molecular weight excluding hydrogens is 452 g/mol. The number of hydrogen-bond donors (Lipinski definition) is 1. The first-order valence-corrected chi connectivity index (χ1v) is 12.3. The lowest BCUT2D eigenvalue weighted by Gasteiger charge is -2.27. The monoisotopic (exact) mass is 480 g/mol. The molecule has 0 spiro atoms. The lowest BCUT2D eigenvalue weighted by molar-refractivity contribution is -0.384. The number of aromatic nitrogens is 3. The maximum absolute atomic E-state index is 12.8. The lowest BCUT2D eigenvalue weighted by Crippen LogP contribution is -2.31. The smallest absolute Gasteiger partial charge is 0.293 e. The fraction of sp³-hybridized carbons (Fsp3) is 0.375. The Kier molecular flexibility index (Phi) is 7.16. The van der Waals surface area contributed by atoms with Gasteiger partial charge in [0, 0.05) is 19.2 Å². The molecular formula is C24H28N6O3S. The highest BCUT2D eigenvalue weighted by Crippen LogP contribution is 2.32. The van der Waals surface area contributed by atoms with E-state index in [-0.39, 0.29) is 23.0 Å². The molecule has 1 N–H and O–H groups in total. The zero-order valence-corrected chi connectivity index (χ0v) is 20.4. The Bertz CT molecular complexity index is 1200. The molecule has 0 atom stereocenters. The molecule has 0 unspecified atom stereocenters. The number of nitrogens with one attached hydrogen (secondary N) is 1. The Morgan fingerprint density at radius 2 is 1.76 bits per heavy atom. The number of piperidine rings is 1. The van der Waals surface area contributed by atoms with Gasteiger partial charge in [0.15, 0.2) is 5.16 Å². The first-order valence-electron chi connectivity index (χ1n) is 11.3. The summed E-state index contributed by atoms with van der Waals surface area (Å²) in [6.45, 7) is 7.50. The molecule has 9 nitrogen and oxygen atoms in total. The van der Waals surface area contributed by atoms with Crippen LogP contribution in [0.15, 0.2) is 41.6 Å². The van der Waals surface area contributed by atoms with Crippen LogP contribution in [0, 0.1) is 30.9 Å². The Morgan fingerprint density at radius 3 is 2.44 bits per heavy atom. The minimum atomic E-state index is -0.478. The number of thioether (sulfide) groups is 1. The van der Waals surface area contributed by atoms with Crippen molar-refractivity contribution in [1.82, 2.24) is 14.8 Å². The van der Waals surface area contributed by atoms with Crippen LogP contribution in [0.4, 0.5) is 17.3 Å². The molecule has 2 aromatic carbocycles. The number of carbonyl (C=O) groups is 1. The molecule has 1 aromatic heterocycles. The van der Waals surface area contributed by atoms with E-state index in [1.165, 1.54) is 24.2 Å². The van der Waals surface area contributed by atoms with Crippen molar-refractivity contribution in [2.24, 2.45) is 0 Å². The second kappa shape index (κ2) is 10.3. The van der Waals surface area contributed by atoms with Gasteiger partial charge in [0.25, 0.3) is 5.69 Å². The van der Waals surface area contributed by atoms with Gasteiger partial charge in [-0.25, -0.2) is 0 Å². The number of nitro benzene ring substituents is 1. The molecule has 0 radical (unpaired) electrons. The van der Waals surface area contributed by atoms with E-state index in [0.717, 1.165) is 48.7 Å². The van der Waals surface area contributed by atoms with Crippen molar-refractivity contribution in [2.45, 2.75) is 45.2 Å². The highest BCUT2D eigenvalue weighted by Gasteiger charge is 2.23. The van der Waals surface area contributed by atoms with Gasteiger partial charge in [0.2, 0.25) is 11.9 Å². The number of anilines is 2. The van der Waals surface area contributed by atoms with Crippen molar-refractivity contribution >= 4 is 35.0 Å². The molecule has 2 heterocycles. The van der Waals surface area contributed by atoms with Crippen LogP contribution in [0.1, 0.15) is 36.0 Å². The normalized spacial score (nSPS) is 13.7. The van der Waals surface area contributed by atoms with E-state index < -0.39 is 4.92 Å². The molecule has 178 valence electrons. The van der Waals surface area contributed by atoms with Crippen LogP contribution in [0.3, 0.4) is 0 Å². The van der Waals surface area contributed by atoms with Gasteiger partial charge in [0.05, 0.1) is 16.4 Å². The lowest BCUT2D eigenvalue weighted by atomic mass is 10.1. The van der Waals surface area contributed by atoms with Crippen molar-refractivity contribution in [1.29, 1.82) is 0 Å². The largest absolute Gasteiger partial charge is 0.341 e. The number of amides is 1. The van der Waals surface area contributed by atoms with E-state index in [1.807, 2.05) is 42.7 Å². The third kappa shape index (κ3) is 5.06. The number of carbonyl (C=O) groups excluding carboxylic acids is 1. The third-order valence-corrected chi connectivity index (χ3v) is 6.98. The van der Waals surface area contributed by atoms with Gasteiger partial charge in [-0.3, -0.25) is 19.5 Å². The SMILES string of the molecule is Cc1ccc(-n2c(SCC(=O)Nc3c([N+](=O)[O-])ccc(C)c3C)nnc2N2CCCCC2)cc1. The summed E-state index contributed by atoms with van der Waals surface area (Å²) >= 11 is 1.26. The second-order valence-electron chi connectivity index (χ2n) is 8.50. The molecule has 0 bridgehead atoms. The van der Waals surface area contributed by atoms with Crippen molar-refractivity contribution < 1.29 is 9.72 Å². The minimum absolute atomic E-state index is 0.0501. The predicted molar refractivity (Wildman–Crippen MR) is 134 cm³/mol. The molecule has 0 aliphatic carbocycles. The first kappa shape index (κ1) is 23.7. The Labute approximate surface area is 202 Å². The summed E-state index contributed by atoms with van der Waals surface area (Å²) in [6, 6.07) is 11.2. The third-order valence-electron chi connectivity index (χ3n) is 6.05. The fourth-order valence-corrected chi connectivity index (χ4v) is 4.74. The van der Waals surface area contributed by atoms with Crippen molar-refractivity contribution in [3.63, 3.8) is 0 Å². The molecule has 34 heavy (non-hydrogen) atoms. The van der Waals surface area contributed by atoms with Crippen molar-refractivity contribution in [2.75, 3.05) is 29.1 Å². The molecule has 1 amide bonds. The summed E-state index contributed by atoms with van der Waals surface area (Å²) < 4.78 is 1.99. The summed E-state index contributed by atoms with van der Waals surface area (Å²) in [5.41, 5.74) is 3.77. The molecule has 4 rings (SSSR count). The number of nitrogens with zero attached hydrogens (tertiary/aromatic N) is 5.